The lowest BCUT2D eigenvalue weighted by Gasteiger charge is -2.16. The van der Waals surface area contributed by atoms with Gasteiger partial charge in [0.15, 0.2) is 0 Å². The molecule has 11 heavy (non-hydrogen) atoms. The summed E-state index contributed by atoms with van der Waals surface area (Å²) in [7, 11) is 1.94. The van der Waals surface area contributed by atoms with Crippen molar-refractivity contribution in [1.82, 2.24) is 10.0 Å². The van der Waals surface area contributed by atoms with Crippen LogP contribution in [-0.4, -0.2) is 55.0 Å². The Bertz CT molecular complexity index is 92.5. The zero-order valence-electron chi connectivity index (χ0n) is 7.26. The van der Waals surface area contributed by atoms with Crippen LogP contribution in [0.25, 0.3) is 0 Å². The maximum atomic E-state index is 12.5. The van der Waals surface area contributed by atoms with Crippen molar-refractivity contribution in [2.45, 2.75) is 6.92 Å². The molecule has 0 aliphatic carbocycles. The zero-order chi connectivity index (χ0) is 8.69. The molecule has 0 bridgehead atoms. The molecule has 0 aliphatic heterocycles. The van der Waals surface area contributed by atoms with E-state index in [0.717, 1.165) is 6.54 Å². The lowest BCUT2D eigenvalue weighted by atomic mass is 10.5. The van der Waals surface area contributed by atoms with Crippen LogP contribution in [0, 0.1) is 0 Å². The maximum Gasteiger partial charge on any atom is 0.0584 e. The second-order valence-corrected chi connectivity index (χ2v) is 2.53. The number of rotatable bonds is 6. The zero-order valence-corrected chi connectivity index (χ0v) is 7.26. The van der Waals surface area contributed by atoms with Gasteiger partial charge >= 0.3 is 0 Å². The Labute approximate surface area is 67.3 Å². The standard InChI is InChI=1S/C7H17FN2O/c1-3-9(2)4-5-10(8)6-7-11/h11H,3-7H2,1-2H3. The largest absolute Gasteiger partial charge is 0.395 e. The van der Waals surface area contributed by atoms with Gasteiger partial charge in [-0.2, -0.15) is 0 Å². The first-order valence-electron chi connectivity index (χ1n) is 3.90. The van der Waals surface area contributed by atoms with Crippen molar-refractivity contribution in [3.8, 4) is 0 Å². The van der Waals surface area contributed by atoms with Crippen molar-refractivity contribution in [3.63, 3.8) is 0 Å². The van der Waals surface area contributed by atoms with Crippen LogP contribution in [0.2, 0.25) is 0 Å². The quantitative estimate of drug-likeness (QED) is 0.565. The molecule has 0 saturated carbocycles. The van der Waals surface area contributed by atoms with E-state index in [1.165, 1.54) is 0 Å². The molecule has 68 valence electrons. The number of likely N-dealkylation sites (N-methyl/N-ethyl adjacent to an activating group) is 1. The Morgan fingerprint density at radius 1 is 1.27 bits per heavy atom. The van der Waals surface area contributed by atoms with E-state index in [9.17, 15) is 4.48 Å². The van der Waals surface area contributed by atoms with Crippen LogP contribution in [0.5, 0.6) is 0 Å². The third-order valence-electron chi connectivity index (χ3n) is 1.61. The second-order valence-electron chi connectivity index (χ2n) is 2.53. The van der Waals surface area contributed by atoms with E-state index >= 15 is 0 Å². The van der Waals surface area contributed by atoms with E-state index in [4.69, 9.17) is 5.11 Å². The molecule has 0 saturated heterocycles. The Morgan fingerprint density at radius 3 is 2.36 bits per heavy atom. The summed E-state index contributed by atoms with van der Waals surface area (Å²) >= 11 is 0. The van der Waals surface area contributed by atoms with Crippen molar-refractivity contribution in [3.05, 3.63) is 0 Å². The molecule has 0 atom stereocenters. The first kappa shape index (κ1) is 10.8. The molecule has 0 aliphatic rings. The monoisotopic (exact) mass is 164 g/mol. The van der Waals surface area contributed by atoms with Gasteiger partial charge in [0.25, 0.3) is 0 Å². The lowest BCUT2D eigenvalue weighted by molar-refractivity contribution is 0.00327. The molecular weight excluding hydrogens is 147 g/mol. The van der Waals surface area contributed by atoms with Gasteiger partial charge in [-0.15, -0.1) is 9.60 Å². The summed E-state index contributed by atoms with van der Waals surface area (Å²) in [4.78, 5) is 2.02. The van der Waals surface area contributed by atoms with E-state index in [2.05, 4.69) is 0 Å². The van der Waals surface area contributed by atoms with Gasteiger partial charge in [-0.05, 0) is 13.6 Å². The average molecular weight is 164 g/mol. The Hall–Kier alpha value is -0.190. The summed E-state index contributed by atoms with van der Waals surface area (Å²) in [6.45, 7) is 4.00. The highest BCUT2D eigenvalue weighted by Gasteiger charge is 2.02. The Morgan fingerprint density at radius 2 is 1.91 bits per heavy atom. The normalized spacial score (nSPS) is 11.5. The van der Waals surface area contributed by atoms with Crippen molar-refractivity contribution in [2.75, 3.05) is 39.8 Å². The molecule has 0 amide bonds. The lowest BCUT2D eigenvalue weighted by Crippen LogP contribution is -2.29. The molecule has 0 rings (SSSR count). The number of halogens is 1. The number of aliphatic hydroxyl groups excluding tert-OH is 1. The van der Waals surface area contributed by atoms with Crippen LogP contribution in [0.3, 0.4) is 0 Å². The maximum absolute atomic E-state index is 12.5. The number of hydrogen-bond donors (Lipinski definition) is 1. The van der Waals surface area contributed by atoms with E-state index in [1.54, 1.807) is 0 Å². The number of nitrogens with zero attached hydrogens (tertiary/aromatic N) is 2. The molecular formula is C7H17FN2O. The summed E-state index contributed by atoms with van der Waals surface area (Å²) in [5.74, 6) is 0. The topological polar surface area (TPSA) is 26.7 Å². The summed E-state index contributed by atoms with van der Waals surface area (Å²) in [6, 6.07) is 0. The van der Waals surface area contributed by atoms with Crippen molar-refractivity contribution in [1.29, 1.82) is 0 Å². The van der Waals surface area contributed by atoms with Crippen molar-refractivity contribution >= 4 is 0 Å². The predicted octanol–water partition coefficient (Wildman–Crippen LogP) is 0.117. The van der Waals surface area contributed by atoms with E-state index in [1.807, 2.05) is 18.9 Å². The molecule has 1 N–H and O–H groups in total. The van der Waals surface area contributed by atoms with E-state index < -0.39 is 0 Å². The van der Waals surface area contributed by atoms with E-state index in [-0.39, 0.29) is 13.2 Å². The van der Waals surface area contributed by atoms with Crippen molar-refractivity contribution < 1.29 is 9.59 Å². The molecule has 4 heteroatoms. The van der Waals surface area contributed by atoms with Gasteiger partial charge in [0.05, 0.1) is 13.2 Å². The molecule has 0 spiro atoms. The highest BCUT2D eigenvalue weighted by atomic mass is 19.2. The molecule has 0 unspecified atom stereocenters. The fourth-order valence-corrected chi connectivity index (χ4v) is 0.658. The van der Waals surface area contributed by atoms with Crippen LogP contribution in [0.15, 0.2) is 0 Å². The molecule has 0 heterocycles. The van der Waals surface area contributed by atoms with Crippen LogP contribution in [-0.2, 0) is 0 Å². The fourth-order valence-electron chi connectivity index (χ4n) is 0.658. The first-order chi connectivity index (χ1) is 5.20. The summed E-state index contributed by atoms with van der Waals surface area (Å²) in [5, 5.41) is 8.99. The summed E-state index contributed by atoms with van der Waals surface area (Å²) < 4.78 is 12.5. The van der Waals surface area contributed by atoms with Crippen LogP contribution < -0.4 is 0 Å². The minimum atomic E-state index is -0.119. The van der Waals surface area contributed by atoms with Gasteiger partial charge in [-0.25, -0.2) is 0 Å². The fraction of sp³-hybridized carbons (Fsp3) is 1.00. The second kappa shape index (κ2) is 6.52. The molecule has 3 nitrogen and oxygen atoms in total. The van der Waals surface area contributed by atoms with Gasteiger partial charge < -0.3 is 10.0 Å². The summed E-state index contributed by atoms with van der Waals surface area (Å²) in [6.07, 6.45) is 0. The van der Waals surface area contributed by atoms with Gasteiger partial charge in [-0.3, -0.25) is 0 Å². The minimum absolute atomic E-state index is 0.109. The molecule has 0 radical (unpaired) electrons. The SMILES string of the molecule is CCN(C)CCN(F)CCO. The third kappa shape index (κ3) is 6.22. The Balaban J connectivity index is 3.22. The van der Waals surface area contributed by atoms with Gasteiger partial charge in [0, 0.05) is 13.1 Å². The van der Waals surface area contributed by atoms with Gasteiger partial charge in [0.2, 0.25) is 0 Å². The average Bonchev–Trinajstić information content (AvgIpc) is 2.01. The third-order valence-corrected chi connectivity index (χ3v) is 1.61. The number of aliphatic hydroxyl groups is 1. The molecule has 0 fully saturated rings. The first-order valence-corrected chi connectivity index (χ1v) is 3.90. The molecule has 0 aromatic heterocycles. The van der Waals surface area contributed by atoms with Crippen molar-refractivity contribution in [2.24, 2.45) is 0 Å². The van der Waals surface area contributed by atoms with Crippen LogP contribution in [0.4, 0.5) is 4.48 Å². The van der Waals surface area contributed by atoms with Crippen LogP contribution in [0.1, 0.15) is 6.92 Å². The van der Waals surface area contributed by atoms with Crippen LogP contribution >= 0.6 is 0 Å². The molecule has 0 aromatic rings. The van der Waals surface area contributed by atoms with E-state index in [0.29, 0.717) is 18.2 Å². The predicted molar refractivity (Wildman–Crippen MR) is 42.9 cm³/mol. The highest BCUT2D eigenvalue weighted by Crippen LogP contribution is 1.89. The smallest absolute Gasteiger partial charge is 0.0584 e. The Kier molecular flexibility index (Phi) is 6.40. The van der Waals surface area contributed by atoms with Gasteiger partial charge in [-0.1, -0.05) is 6.92 Å². The summed E-state index contributed by atoms with van der Waals surface area (Å²) in [5.41, 5.74) is 0. The molecule has 0 aromatic carbocycles. The minimum Gasteiger partial charge on any atom is -0.395 e. The number of hydrogen-bond acceptors (Lipinski definition) is 3. The van der Waals surface area contributed by atoms with Gasteiger partial charge in [0.1, 0.15) is 0 Å². The highest BCUT2D eigenvalue weighted by molar-refractivity contribution is 4.50.